The van der Waals surface area contributed by atoms with Crippen LogP contribution in [0.5, 0.6) is 0 Å². The second-order valence-electron chi connectivity index (χ2n) is 5.65. The topological polar surface area (TPSA) is 57.4 Å². The second kappa shape index (κ2) is 5.69. The minimum atomic E-state index is -4.42. The molecule has 3 N–H and O–H groups in total. The summed E-state index contributed by atoms with van der Waals surface area (Å²) in [6.07, 6.45) is -4.42. The number of nitrogens with zero attached hydrogens (tertiary/aromatic N) is 3. The van der Waals surface area contributed by atoms with Crippen molar-refractivity contribution >= 4 is 11.6 Å². The third-order valence-electron chi connectivity index (χ3n) is 3.85. The van der Waals surface area contributed by atoms with E-state index in [0.717, 1.165) is 12.1 Å². The highest BCUT2D eigenvalue weighted by Crippen LogP contribution is 2.34. The van der Waals surface area contributed by atoms with Crippen LogP contribution in [0.15, 0.2) is 12.1 Å². The van der Waals surface area contributed by atoms with E-state index in [4.69, 9.17) is 5.84 Å². The summed E-state index contributed by atoms with van der Waals surface area (Å²) in [5.74, 6) is 5.89. The number of likely N-dealkylation sites (N-methyl/N-ethyl adjacent to an activating group) is 1. The number of hydrazine groups is 1. The van der Waals surface area contributed by atoms with Gasteiger partial charge in [0, 0.05) is 19.1 Å². The summed E-state index contributed by atoms with van der Waals surface area (Å²) < 4.78 is 38.8. The van der Waals surface area contributed by atoms with E-state index in [1.54, 1.807) is 0 Å². The van der Waals surface area contributed by atoms with E-state index in [9.17, 15) is 13.2 Å². The van der Waals surface area contributed by atoms with Gasteiger partial charge < -0.3 is 15.2 Å². The molecule has 2 rings (SSSR count). The van der Waals surface area contributed by atoms with Crippen LogP contribution in [0, 0.1) is 5.92 Å². The lowest BCUT2D eigenvalue weighted by Gasteiger charge is -2.23. The molecule has 8 heteroatoms. The first kappa shape index (κ1) is 15.8. The summed E-state index contributed by atoms with van der Waals surface area (Å²) in [4.78, 5) is 8.10. The molecule has 1 aromatic heterocycles. The summed E-state index contributed by atoms with van der Waals surface area (Å²) in [6.45, 7) is 3.40. The number of nitrogens with one attached hydrogen (secondary N) is 1. The second-order valence-corrected chi connectivity index (χ2v) is 5.65. The Hall–Kier alpha value is -1.54. The normalized spacial score (nSPS) is 23.0. The number of hydrogen-bond acceptors (Lipinski definition) is 5. The molecule has 5 nitrogen and oxygen atoms in total. The minimum absolute atomic E-state index is 0.0146. The van der Waals surface area contributed by atoms with Crippen LogP contribution >= 0.6 is 0 Å². The van der Waals surface area contributed by atoms with Gasteiger partial charge in [-0.15, -0.1) is 0 Å². The molecule has 0 bridgehead atoms. The van der Waals surface area contributed by atoms with Crippen molar-refractivity contribution in [2.45, 2.75) is 19.1 Å². The first-order valence-electron chi connectivity index (χ1n) is 6.69. The fraction of sp³-hybridized carbons (Fsp3) is 0.615. The molecule has 118 valence electrons. The van der Waals surface area contributed by atoms with Gasteiger partial charge in [0.15, 0.2) is 0 Å². The third-order valence-corrected chi connectivity index (χ3v) is 3.85. The molecule has 0 spiro atoms. The monoisotopic (exact) mass is 303 g/mol. The van der Waals surface area contributed by atoms with Gasteiger partial charge in [0.1, 0.15) is 11.6 Å². The fourth-order valence-corrected chi connectivity index (χ4v) is 2.72. The number of pyridine rings is 1. The molecule has 1 aliphatic heterocycles. The molecule has 2 atom stereocenters. The van der Waals surface area contributed by atoms with Crippen LogP contribution in [0.2, 0.25) is 0 Å². The quantitative estimate of drug-likeness (QED) is 0.658. The summed E-state index contributed by atoms with van der Waals surface area (Å²) in [5, 5.41) is 0. The van der Waals surface area contributed by atoms with Crippen LogP contribution in [-0.2, 0) is 6.18 Å². The average molecular weight is 303 g/mol. The molecule has 21 heavy (non-hydrogen) atoms. The van der Waals surface area contributed by atoms with Crippen molar-refractivity contribution in [1.82, 2.24) is 9.88 Å². The molecular formula is C13H20F3N5. The number of anilines is 2. The van der Waals surface area contributed by atoms with Crippen molar-refractivity contribution in [3.63, 3.8) is 0 Å². The Bertz CT molecular complexity index is 503. The van der Waals surface area contributed by atoms with Gasteiger partial charge in [-0.2, -0.15) is 13.2 Å². The Morgan fingerprint density at radius 2 is 2.00 bits per heavy atom. The zero-order chi connectivity index (χ0) is 15.8. The third kappa shape index (κ3) is 3.38. The van der Waals surface area contributed by atoms with Gasteiger partial charge >= 0.3 is 6.18 Å². The number of hydrogen-bond donors (Lipinski definition) is 2. The van der Waals surface area contributed by atoms with Crippen molar-refractivity contribution in [2.75, 3.05) is 37.5 Å². The molecule has 1 saturated heterocycles. The molecule has 0 radical (unpaired) electrons. The maximum Gasteiger partial charge on any atom is 0.416 e. The van der Waals surface area contributed by atoms with Crippen molar-refractivity contribution in [2.24, 2.45) is 11.8 Å². The highest BCUT2D eigenvalue weighted by atomic mass is 19.4. The number of aromatic nitrogens is 1. The number of halogens is 3. The zero-order valence-electron chi connectivity index (χ0n) is 12.3. The number of alkyl halides is 3. The van der Waals surface area contributed by atoms with Gasteiger partial charge in [-0.25, -0.2) is 10.8 Å². The van der Waals surface area contributed by atoms with Gasteiger partial charge in [-0.05, 0) is 32.1 Å². The molecular weight excluding hydrogens is 283 g/mol. The lowest BCUT2D eigenvalue weighted by atomic mass is 10.1. The SMILES string of the molecule is CC1CN(c2cc(C(F)(F)F)cc(NN)n2)CC1N(C)C. The average Bonchev–Trinajstić information content (AvgIpc) is 2.79. The lowest BCUT2D eigenvalue weighted by molar-refractivity contribution is -0.137. The largest absolute Gasteiger partial charge is 0.416 e. The van der Waals surface area contributed by atoms with Crippen LogP contribution in [0.25, 0.3) is 0 Å². The number of rotatable bonds is 3. The predicted molar refractivity (Wildman–Crippen MR) is 75.9 cm³/mol. The molecule has 0 saturated carbocycles. The first-order chi connectivity index (χ1) is 9.72. The van der Waals surface area contributed by atoms with Gasteiger partial charge in [-0.1, -0.05) is 6.92 Å². The molecule has 2 heterocycles. The van der Waals surface area contributed by atoms with Crippen molar-refractivity contribution in [3.8, 4) is 0 Å². The van der Waals surface area contributed by atoms with E-state index >= 15 is 0 Å². The van der Waals surface area contributed by atoms with Crippen molar-refractivity contribution in [1.29, 1.82) is 0 Å². The van der Waals surface area contributed by atoms with Crippen LogP contribution in [0.3, 0.4) is 0 Å². The summed E-state index contributed by atoms with van der Waals surface area (Å²) in [5.41, 5.74) is 1.45. The molecule has 0 amide bonds. The lowest BCUT2D eigenvalue weighted by Crippen LogP contribution is -2.34. The Labute approximate surface area is 121 Å². The zero-order valence-corrected chi connectivity index (χ0v) is 12.3. The van der Waals surface area contributed by atoms with Gasteiger partial charge in [0.25, 0.3) is 0 Å². The van der Waals surface area contributed by atoms with Crippen LogP contribution in [-0.4, -0.2) is 43.1 Å². The summed E-state index contributed by atoms with van der Waals surface area (Å²) in [7, 11) is 3.94. The van der Waals surface area contributed by atoms with E-state index in [0.29, 0.717) is 24.8 Å². The highest BCUT2D eigenvalue weighted by Gasteiger charge is 2.35. The Balaban J connectivity index is 2.32. The molecule has 1 fully saturated rings. The first-order valence-corrected chi connectivity index (χ1v) is 6.69. The Kier molecular flexibility index (Phi) is 4.29. The molecule has 0 aliphatic carbocycles. The standard InChI is InChI=1S/C13H20F3N5/c1-8-6-21(7-10(8)20(2)3)12-5-9(13(14,15)16)4-11(18-12)19-17/h4-5,8,10H,6-7,17H2,1-3H3,(H,18,19). The van der Waals surface area contributed by atoms with E-state index in [2.05, 4.69) is 22.2 Å². The molecule has 0 aromatic carbocycles. The predicted octanol–water partition coefficient (Wildman–Crippen LogP) is 1.77. The fourth-order valence-electron chi connectivity index (χ4n) is 2.72. The summed E-state index contributed by atoms with van der Waals surface area (Å²) >= 11 is 0. The van der Waals surface area contributed by atoms with Crippen LogP contribution in [0.4, 0.5) is 24.8 Å². The molecule has 1 aliphatic rings. The highest BCUT2D eigenvalue weighted by molar-refractivity contribution is 5.51. The van der Waals surface area contributed by atoms with E-state index < -0.39 is 11.7 Å². The smallest absolute Gasteiger partial charge is 0.355 e. The van der Waals surface area contributed by atoms with E-state index in [-0.39, 0.29) is 11.9 Å². The van der Waals surface area contributed by atoms with Crippen LogP contribution in [0.1, 0.15) is 12.5 Å². The Morgan fingerprint density at radius 3 is 2.48 bits per heavy atom. The van der Waals surface area contributed by atoms with Gasteiger partial charge in [0.05, 0.1) is 5.56 Å². The van der Waals surface area contributed by atoms with Gasteiger partial charge in [0.2, 0.25) is 0 Å². The number of nitrogen functional groups attached to an aromatic ring is 1. The molecule has 2 unspecified atom stereocenters. The maximum atomic E-state index is 12.9. The Morgan fingerprint density at radius 1 is 1.33 bits per heavy atom. The minimum Gasteiger partial charge on any atom is -0.355 e. The van der Waals surface area contributed by atoms with E-state index in [1.165, 1.54) is 0 Å². The number of nitrogens with two attached hydrogens (primary N) is 1. The van der Waals surface area contributed by atoms with Crippen LogP contribution < -0.4 is 16.2 Å². The van der Waals surface area contributed by atoms with Gasteiger partial charge in [-0.3, -0.25) is 0 Å². The van der Waals surface area contributed by atoms with Crippen molar-refractivity contribution < 1.29 is 13.2 Å². The maximum absolute atomic E-state index is 12.9. The summed E-state index contributed by atoms with van der Waals surface area (Å²) in [6, 6.07) is 2.27. The van der Waals surface area contributed by atoms with E-state index in [1.807, 2.05) is 19.0 Å². The van der Waals surface area contributed by atoms with Crippen molar-refractivity contribution in [3.05, 3.63) is 17.7 Å². The molecule has 1 aromatic rings.